The van der Waals surface area contributed by atoms with Crippen LogP contribution in [0.15, 0.2) is 59.2 Å². The first-order chi connectivity index (χ1) is 15.3. The van der Waals surface area contributed by atoms with Gasteiger partial charge in [0.25, 0.3) is 5.91 Å². The highest BCUT2D eigenvalue weighted by molar-refractivity contribution is 6.42. The molecule has 2 heterocycles. The lowest BCUT2D eigenvalue weighted by molar-refractivity contribution is -0.116. The first kappa shape index (κ1) is 22.2. The highest BCUT2D eigenvalue weighted by atomic mass is 35.5. The molecule has 0 fully saturated rings. The standard InChI is InChI=1S/C22H16Cl3N5O2/c23-14-7-6-11(9-15(14)24)18-13(10-26)21(27)30(16-4-1-5-17(31)19(16)18)29-22(32)12-3-2-8-28-20(12)25/h2-3,6-9,18H,1,4-5,27H2,(H,29,32). The van der Waals surface area contributed by atoms with Gasteiger partial charge in [-0.25, -0.2) is 9.99 Å². The third-order valence-corrected chi connectivity index (χ3v) is 6.45. The Hall–Kier alpha value is -3.05. The van der Waals surface area contributed by atoms with Crippen molar-refractivity contribution in [3.8, 4) is 6.07 Å². The zero-order chi connectivity index (χ0) is 23.0. The molecule has 1 unspecified atom stereocenters. The Balaban J connectivity index is 1.84. The quantitative estimate of drug-likeness (QED) is 0.616. The first-order valence-electron chi connectivity index (χ1n) is 9.66. The largest absolute Gasteiger partial charge is 0.383 e. The van der Waals surface area contributed by atoms with E-state index in [-0.39, 0.29) is 27.9 Å². The third-order valence-electron chi connectivity index (χ3n) is 5.41. The van der Waals surface area contributed by atoms with Gasteiger partial charge in [0, 0.05) is 23.9 Å². The number of hydrogen-bond acceptors (Lipinski definition) is 6. The van der Waals surface area contributed by atoms with Crippen molar-refractivity contribution in [2.45, 2.75) is 25.2 Å². The number of allylic oxidation sites excluding steroid dienone is 3. The summed E-state index contributed by atoms with van der Waals surface area (Å²) in [5.41, 5.74) is 10.8. The second-order valence-corrected chi connectivity index (χ2v) is 8.44. The smallest absolute Gasteiger partial charge is 0.273 e. The minimum absolute atomic E-state index is 0.0189. The normalized spacial score (nSPS) is 18.4. The Morgan fingerprint density at radius 3 is 2.69 bits per heavy atom. The summed E-state index contributed by atoms with van der Waals surface area (Å²) in [6.45, 7) is 0. The van der Waals surface area contributed by atoms with Gasteiger partial charge in [0.15, 0.2) is 5.78 Å². The van der Waals surface area contributed by atoms with Crippen LogP contribution in [0.1, 0.15) is 41.1 Å². The molecule has 1 aliphatic carbocycles. The number of rotatable bonds is 3. The predicted octanol–water partition coefficient (Wildman–Crippen LogP) is 4.49. The number of nitrogens with zero attached hydrogens (tertiary/aromatic N) is 3. The molecule has 2 aliphatic rings. The highest BCUT2D eigenvalue weighted by Crippen LogP contribution is 2.45. The summed E-state index contributed by atoms with van der Waals surface area (Å²) < 4.78 is 0. The Labute approximate surface area is 199 Å². The van der Waals surface area contributed by atoms with Gasteiger partial charge in [-0.15, -0.1) is 0 Å². The van der Waals surface area contributed by atoms with Gasteiger partial charge in [0.1, 0.15) is 11.0 Å². The molecule has 1 aromatic carbocycles. The number of hydrazine groups is 1. The van der Waals surface area contributed by atoms with Gasteiger partial charge in [0.05, 0.1) is 33.2 Å². The van der Waals surface area contributed by atoms with Crippen molar-refractivity contribution in [2.75, 3.05) is 0 Å². The number of amides is 1. The molecule has 0 bridgehead atoms. The number of nitrogens with two attached hydrogens (primary N) is 1. The molecule has 0 radical (unpaired) electrons. The molecule has 4 rings (SSSR count). The number of hydrogen-bond donors (Lipinski definition) is 2. The van der Waals surface area contributed by atoms with E-state index < -0.39 is 11.8 Å². The fourth-order valence-electron chi connectivity index (χ4n) is 3.96. The number of nitrogens with one attached hydrogen (secondary N) is 1. The molecule has 1 aliphatic heterocycles. The van der Waals surface area contributed by atoms with E-state index in [9.17, 15) is 14.9 Å². The van der Waals surface area contributed by atoms with Gasteiger partial charge in [-0.1, -0.05) is 40.9 Å². The number of ketones is 1. The molecule has 0 spiro atoms. The summed E-state index contributed by atoms with van der Waals surface area (Å²) in [5, 5.41) is 11.9. The number of Topliss-reactive ketones (excluding diaryl/α,β-unsaturated/α-hetero) is 1. The van der Waals surface area contributed by atoms with Gasteiger partial charge in [0.2, 0.25) is 0 Å². The van der Waals surface area contributed by atoms with E-state index in [1.807, 2.05) is 0 Å². The van der Waals surface area contributed by atoms with E-state index >= 15 is 0 Å². The number of nitriles is 1. The van der Waals surface area contributed by atoms with Crippen molar-refractivity contribution in [3.05, 3.63) is 85.5 Å². The maximum absolute atomic E-state index is 13.0. The minimum atomic E-state index is -0.715. The Kier molecular flexibility index (Phi) is 6.11. The molecular weight excluding hydrogens is 473 g/mol. The van der Waals surface area contributed by atoms with Crippen molar-refractivity contribution in [1.29, 1.82) is 5.26 Å². The Morgan fingerprint density at radius 1 is 1.22 bits per heavy atom. The van der Waals surface area contributed by atoms with Crippen LogP contribution in [0, 0.1) is 11.3 Å². The van der Waals surface area contributed by atoms with Crippen LogP contribution in [-0.2, 0) is 4.79 Å². The lowest BCUT2D eigenvalue weighted by Gasteiger charge is -2.39. The fourth-order valence-corrected chi connectivity index (χ4v) is 4.47. The number of carbonyl (C=O) groups is 2. The summed E-state index contributed by atoms with van der Waals surface area (Å²) in [7, 11) is 0. The summed E-state index contributed by atoms with van der Waals surface area (Å²) in [6, 6.07) is 10.1. The van der Waals surface area contributed by atoms with Crippen LogP contribution in [-0.4, -0.2) is 21.7 Å². The number of carbonyl (C=O) groups excluding carboxylic acids is 2. The van der Waals surface area contributed by atoms with E-state index in [0.29, 0.717) is 46.1 Å². The molecular formula is C22H16Cl3N5O2. The maximum Gasteiger partial charge on any atom is 0.273 e. The molecule has 0 saturated carbocycles. The third kappa shape index (κ3) is 3.82. The molecule has 7 nitrogen and oxygen atoms in total. The molecule has 0 saturated heterocycles. The van der Waals surface area contributed by atoms with E-state index in [1.165, 1.54) is 17.3 Å². The van der Waals surface area contributed by atoms with E-state index in [1.54, 1.807) is 24.3 Å². The molecule has 1 aromatic heterocycles. The lowest BCUT2D eigenvalue weighted by atomic mass is 9.76. The topological polar surface area (TPSA) is 112 Å². The Bertz CT molecular complexity index is 1250. The highest BCUT2D eigenvalue weighted by Gasteiger charge is 2.40. The van der Waals surface area contributed by atoms with E-state index in [2.05, 4.69) is 16.5 Å². The number of pyridine rings is 1. The average molecular weight is 489 g/mol. The lowest BCUT2D eigenvalue weighted by Crippen LogP contribution is -2.48. The SMILES string of the molecule is N#CC1=C(N)N(NC(=O)c2cccnc2Cl)C2=C(C(=O)CCC2)C1c1ccc(Cl)c(Cl)c1. The monoisotopic (exact) mass is 487 g/mol. The minimum Gasteiger partial charge on any atom is -0.383 e. The van der Waals surface area contributed by atoms with Crippen molar-refractivity contribution < 1.29 is 9.59 Å². The molecule has 10 heteroatoms. The second kappa shape index (κ2) is 8.83. The first-order valence-corrected chi connectivity index (χ1v) is 10.8. The van der Waals surface area contributed by atoms with Crippen LogP contribution in [0.25, 0.3) is 0 Å². The van der Waals surface area contributed by atoms with Crippen molar-refractivity contribution in [2.24, 2.45) is 5.73 Å². The van der Waals surface area contributed by atoms with Gasteiger partial charge >= 0.3 is 0 Å². The summed E-state index contributed by atoms with van der Waals surface area (Å²) in [6.07, 6.45) is 2.86. The van der Waals surface area contributed by atoms with Gasteiger partial charge < -0.3 is 5.73 Å². The van der Waals surface area contributed by atoms with Gasteiger partial charge in [-0.05, 0) is 42.7 Å². The average Bonchev–Trinajstić information content (AvgIpc) is 2.77. The van der Waals surface area contributed by atoms with Crippen LogP contribution in [0.5, 0.6) is 0 Å². The fraction of sp³-hybridized carbons (Fsp3) is 0.182. The number of halogens is 3. The van der Waals surface area contributed by atoms with Crippen LogP contribution < -0.4 is 11.2 Å². The predicted molar refractivity (Wildman–Crippen MR) is 120 cm³/mol. The van der Waals surface area contributed by atoms with Gasteiger partial charge in [-0.3, -0.25) is 15.0 Å². The van der Waals surface area contributed by atoms with Crippen LogP contribution in [0.3, 0.4) is 0 Å². The van der Waals surface area contributed by atoms with E-state index in [4.69, 9.17) is 40.5 Å². The molecule has 162 valence electrons. The number of benzene rings is 1. The molecule has 1 amide bonds. The van der Waals surface area contributed by atoms with Crippen molar-refractivity contribution >= 4 is 46.5 Å². The zero-order valence-corrected chi connectivity index (χ0v) is 18.8. The van der Waals surface area contributed by atoms with Crippen LogP contribution >= 0.6 is 34.8 Å². The van der Waals surface area contributed by atoms with Crippen molar-refractivity contribution in [3.63, 3.8) is 0 Å². The summed E-state index contributed by atoms with van der Waals surface area (Å²) >= 11 is 18.3. The van der Waals surface area contributed by atoms with Gasteiger partial charge in [-0.2, -0.15) is 5.26 Å². The maximum atomic E-state index is 13.0. The van der Waals surface area contributed by atoms with E-state index in [0.717, 1.165) is 0 Å². The van der Waals surface area contributed by atoms with Crippen LogP contribution in [0.4, 0.5) is 0 Å². The molecule has 1 atom stereocenters. The summed E-state index contributed by atoms with van der Waals surface area (Å²) in [5.74, 6) is -1.39. The molecule has 2 aromatic rings. The second-order valence-electron chi connectivity index (χ2n) is 7.27. The van der Waals surface area contributed by atoms with Crippen LogP contribution in [0.2, 0.25) is 15.2 Å². The zero-order valence-electron chi connectivity index (χ0n) is 16.5. The molecule has 3 N–H and O–H groups in total. The Morgan fingerprint density at radius 2 is 2.00 bits per heavy atom. The molecule has 32 heavy (non-hydrogen) atoms. The number of aromatic nitrogens is 1. The van der Waals surface area contributed by atoms with Crippen molar-refractivity contribution in [1.82, 2.24) is 15.4 Å². The summed E-state index contributed by atoms with van der Waals surface area (Å²) in [4.78, 5) is 29.8.